The van der Waals surface area contributed by atoms with E-state index in [1.165, 1.54) is 0 Å². The van der Waals surface area contributed by atoms with E-state index in [4.69, 9.17) is 0 Å². The number of alkyl halides is 3. The fourth-order valence-corrected chi connectivity index (χ4v) is 1.39. The van der Waals surface area contributed by atoms with Gasteiger partial charge < -0.3 is 0 Å². The van der Waals surface area contributed by atoms with E-state index in [1.54, 1.807) is 24.3 Å². The largest absolute Gasteiger partial charge is 0.433 e. The Bertz CT molecular complexity index is 503. The highest BCUT2D eigenvalue weighted by Crippen LogP contribution is 2.30. The first-order chi connectivity index (χ1) is 6.98. The normalized spacial score (nSPS) is 12.0. The molecule has 0 bridgehead atoms. The molecule has 2 aromatic rings. The first-order valence-electron chi connectivity index (χ1n) is 4.27. The van der Waals surface area contributed by atoms with Crippen molar-refractivity contribution in [3.8, 4) is 0 Å². The van der Waals surface area contributed by atoms with Crippen LogP contribution >= 0.6 is 0 Å². The van der Waals surface area contributed by atoms with Gasteiger partial charge >= 0.3 is 6.18 Å². The fraction of sp³-hybridized carbons (Fsp3) is 0.0909. The van der Waals surface area contributed by atoms with Gasteiger partial charge in [-0.25, -0.2) is 4.98 Å². The number of rotatable bonds is 0. The minimum atomic E-state index is -4.42. The van der Waals surface area contributed by atoms with Crippen LogP contribution in [-0.4, -0.2) is 4.98 Å². The molecule has 0 saturated carbocycles. The molecule has 0 fully saturated rings. The molecule has 0 aliphatic heterocycles. The topological polar surface area (TPSA) is 12.9 Å². The predicted molar refractivity (Wildman–Crippen MR) is 51.2 cm³/mol. The van der Waals surface area contributed by atoms with Gasteiger partial charge in [0, 0.05) is 5.39 Å². The van der Waals surface area contributed by atoms with Crippen LogP contribution in [-0.2, 0) is 6.18 Å². The van der Waals surface area contributed by atoms with E-state index in [0.29, 0.717) is 16.5 Å². The van der Waals surface area contributed by atoms with Crippen molar-refractivity contribution in [3.05, 3.63) is 48.5 Å². The SMILES string of the molecule is [CH2]c1cc(C(F)(F)F)nc2ccccc12. The number of hydrogen-bond acceptors (Lipinski definition) is 1. The lowest BCUT2D eigenvalue weighted by atomic mass is 10.1. The molecule has 2 rings (SSSR count). The summed E-state index contributed by atoms with van der Waals surface area (Å²) in [7, 11) is 0. The highest BCUT2D eigenvalue weighted by molar-refractivity contribution is 5.83. The van der Waals surface area contributed by atoms with Gasteiger partial charge in [0.2, 0.25) is 0 Å². The summed E-state index contributed by atoms with van der Waals surface area (Å²) in [6.45, 7) is 3.58. The Labute approximate surface area is 84.6 Å². The van der Waals surface area contributed by atoms with E-state index in [0.717, 1.165) is 6.07 Å². The fourth-order valence-electron chi connectivity index (χ4n) is 1.39. The molecule has 15 heavy (non-hydrogen) atoms. The molecule has 0 aliphatic rings. The van der Waals surface area contributed by atoms with Crippen molar-refractivity contribution in [3.63, 3.8) is 0 Å². The third-order valence-corrected chi connectivity index (χ3v) is 2.09. The third kappa shape index (κ3) is 1.79. The summed E-state index contributed by atoms with van der Waals surface area (Å²) >= 11 is 0. The van der Waals surface area contributed by atoms with E-state index in [2.05, 4.69) is 11.9 Å². The zero-order valence-corrected chi connectivity index (χ0v) is 7.67. The van der Waals surface area contributed by atoms with Gasteiger partial charge in [-0.15, -0.1) is 0 Å². The lowest BCUT2D eigenvalue weighted by molar-refractivity contribution is -0.141. The average molecular weight is 210 g/mol. The highest BCUT2D eigenvalue weighted by atomic mass is 19.4. The summed E-state index contributed by atoms with van der Waals surface area (Å²) in [5.74, 6) is 0. The minimum absolute atomic E-state index is 0.317. The van der Waals surface area contributed by atoms with Crippen LogP contribution in [0, 0.1) is 6.92 Å². The zero-order valence-electron chi connectivity index (χ0n) is 7.67. The van der Waals surface area contributed by atoms with E-state index in [-0.39, 0.29) is 0 Å². The number of nitrogens with zero attached hydrogens (tertiary/aromatic N) is 1. The zero-order chi connectivity index (χ0) is 11.1. The van der Waals surface area contributed by atoms with Crippen molar-refractivity contribution in [2.75, 3.05) is 0 Å². The number of aromatic nitrogens is 1. The van der Waals surface area contributed by atoms with Crippen LogP contribution in [0.1, 0.15) is 11.3 Å². The average Bonchev–Trinajstić information content (AvgIpc) is 2.16. The molecule has 1 radical (unpaired) electrons. The molecule has 1 heterocycles. The van der Waals surface area contributed by atoms with Gasteiger partial charge in [-0.2, -0.15) is 13.2 Å². The molecule has 77 valence electrons. The molecule has 4 heteroatoms. The maximum atomic E-state index is 12.4. The number of halogens is 3. The van der Waals surface area contributed by atoms with Crippen LogP contribution in [0.3, 0.4) is 0 Å². The predicted octanol–water partition coefficient (Wildman–Crippen LogP) is 3.44. The minimum Gasteiger partial charge on any atom is -0.243 e. The van der Waals surface area contributed by atoms with Crippen molar-refractivity contribution in [2.24, 2.45) is 0 Å². The van der Waals surface area contributed by atoms with Crippen LogP contribution in [0.5, 0.6) is 0 Å². The maximum absolute atomic E-state index is 12.4. The maximum Gasteiger partial charge on any atom is 0.433 e. The Kier molecular flexibility index (Phi) is 2.14. The molecule has 1 aromatic carbocycles. The van der Waals surface area contributed by atoms with Crippen molar-refractivity contribution >= 4 is 10.9 Å². The Morgan fingerprint density at radius 2 is 1.80 bits per heavy atom. The van der Waals surface area contributed by atoms with Crippen LogP contribution in [0.2, 0.25) is 0 Å². The van der Waals surface area contributed by atoms with Crippen molar-refractivity contribution < 1.29 is 13.2 Å². The molecule has 0 unspecified atom stereocenters. The lowest BCUT2D eigenvalue weighted by Crippen LogP contribution is -2.08. The molecule has 0 N–H and O–H groups in total. The highest BCUT2D eigenvalue weighted by Gasteiger charge is 2.32. The molecule has 0 aliphatic carbocycles. The van der Waals surface area contributed by atoms with Gasteiger partial charge in [-0.3, -0.25) is 0 Å². The first kappa shape index (κ1) is 9.96. The monoisotopic (exact) mass is 210 g/mol. The summed E-state index contributed by atoms with van der Waals surface area (Å²) < 4.78 is 37.2. The van der Waals surface area contributed by atoms with Gasteiger partial charge in [-0.1, -0.05) is 18.2 Å². The van der Waals surface area contributed by atoms with Crippen molar-refractivity contribution in [1.29, 1.82) is 0 Å². The molecule has 0 amide bonds. The van der Waals surface area contributed by atoms with E-state index in [9.17, 15) is 13.2 Å². The Morgan fingerprint density at radius 1 is 1.13 bits per heavy atom. The van der Waals surface area contributed by atoms with Crippen LogP contribution in [0.4, 0.5) is 13.2 Å². The van der Waals surface area contributed by atoms with Crippen LogP contribution in [0.25, 0.3) is 10.9 Å². The molecular formula is C11H7F3N. The second-order valence-electron chi connectivity index (χ2n) is 3.18. The number of para-hydroxylation sites is 1. The molecule has 0 atom stereocenters. The van der Waals surface area contributed by atoms with Gasteiger partial charge in [0.1, 0.15) is 5.69 Å². The smallest absolute Gasteiger partial charge is 0.243 e. The third-order valence-electron chi connectivity index (χ3n) is 2.09. The number of fused-ring (bicyclic) bond motifs is 1. The van der Waals surface area contributed by atoms with Gasteiger partial charge in [0.15, 0.2) is 0 Å². The van der Waals surface area contributed by atoms with Gasteiger partial charge in [0.05, 0.1) is 5.52 Å². The second kappa shape index (κ2) is 3.22. The molecule has 0 spiro atoms. The molecule has 1 aromatic heterocycles. The summed E-state index contributed by atoms with van der Waals surface area (Å²) in [6.07, 6.45) is -4.42. The van der Waals surface area contributed by atoms with Crippen molar-refractivity contribution in [2.45, 2.75) is 6.18 Å². The summed E-state index contributed by atoms with van der Waals surface area (Å²) in [4.78, 5) is 3.54. The first-order valence-corrected chi connectivity index (χ1v) is 4.27. The van der Waals surface area contributed by atoms with Crippen LogP contribution < -0.4 is 0 Å². The number of benzene rings is 1. The molecular weight excluding hydrogens is 203 g/mol. The Morgan fingerprint density at radius 3 is 2.47 bits per heavy atom. The van der Waals surface area contributed by atoms with Crippen LogP contribution in [0.15, 0.2) is 30.3 Å². The van der Waals surface area contributed by atoms with Gasteiger partial charge in [0.25, 0.3) is 0 Å². The number of hydrogen-bond donors (Lipinski definition) is 0. The van der Waals surface area contributed by atoms with E-state index in [1.807, 2.05) is 0 Å². The quantitative estimate of drug-likeness (QED) is 0.649. The standard InChI is InChI=1S/C11H7F3N/c1-7-6-10(11(12,13)14)15-9-5-3-2-4-8(7)9/h2-6H,1H2. The Hall–Kier alpha value is -1.58. The summed E-state index contributed by atoms with van der Waals surface area (Å²) in [6, 6.07) is 7.59. The Balaban J connectivity index is 2.73. The molecule has 0 saturated heterocycles. The lowest BCUT2D eigenvalue weighted by Gasteiger charge is -2.08. The van der Waals surface area contributed by atoms with E-state index < -0.39 is 11.9 Å². The summed E-state index contributed by atoms with van der Waals surface area (Å²) in [5, 5.41) is 0.644. The van der Waals surface area contributed by atoms with Gasteiger partial charge in [-0.05, 0) is 24.6 Å². The molecule has 1 nitrogen and oxygen atoms in total. The van der Waals surface area contributed by atoms with E-state index >= 15 is 0 Å². The van der Waals surface area contributed by atoms with Crippen molar-refractivity contribution in [1.82, 2.24) is 4.98 Å². The number of pyridine rings is 1. The summed E-state index contributed by atoms with van der Waals surface area (Å²) in [5.41, 5.74) is -0.239. The second-order valence-corrected chi connectivity index (χ2v) is 3.18.